The summed E-state index contributed by atoms with van der Waals surface area (Å²) < 4.78 is 6.58. The van der Waals surface area contributed by atoms with Crippen molar-refractivity contribution in [2.75, 3.05) is 34.5 Å². The minimum atomic E-state index is 0. The Morgan fingerprint density at radius 1 is 0.640 bits per heavy atom. The smallest absolute Gasteiger partial charge is 0.182 e. The molecule has 0 saturated heterocycles. The Kier molecular flexibility index (Phi) is 22.0. The molecule has 0 aliphatic carbocycles. The molecule has 0 bridgehead atoms. The number of quaternary nitrogens is 1. The Labute approximate surface area is 165 Å². The van der Waals surface area contributed by atoms with Crippen molar-refractivity contribution in [2.24, 2.45) is 0 Å². The van der Waals surface area contributed by atoms with Crippen molar-refractivity contribution in [2.45, 2.75) is 96.8 Å². The maximum atomic E-state index is 5.68. The molecule has 0 aliphatic rings. The third-order valence-corrected chi connectivity index (χ3v) is 4.28. The van der Waals surface area contributed by atoms with Crippen LogP contribution in [0.25, 0.3) is 0 Å². The van der Waals surface area contributed by atoms with Gasteiger partial charge in [-0.05, 0) is 32.1 Å². The van der Waals surface area contributed by atoms with Gasteiger partial charge in [0.2, 0.25) is 0 Å². The third-order valence-electron chi connectivity index (χ3n) is 4.28. The molecule has 0 unspecified atom stereocenters. The van der Waals surface area contributed by atoms with Crippen LogP contribution in [0, 0.1) is 0 Å². The standard InChI is InChI=1S/C22H46NO.ClH/c1-5-6-7-8-9-10-11-12-13-14-15-16-17-18-19-20-21-24-22-23(2,3)4;/h12-13H,5-11,14-22H2,1-4H3;1H/q+1;/p-1. The highest BCUT2D eigenvalue weighted by Crippen LogP contribution is 2.10. The summed E-state index contributed by atoms with van der Waals surface area (Å²) in [7, 11) is 6.51. The van der Waals surface area contributed by atoms with Crippen LogP contribution in [0.3, 0.4) is 0 Å². The van der Waals surface area contributed by atoms with E-state index in [1.807, 2.05) is 0 Å². The summed E-state index contributed by atoms with van der Waals surface area (Å²) in [5.74, 6) is 0. The molecule has 0 aromatic heterocycles. The Balaban J connectivity index is 0. The first kappa shape index (κ1) is 27.2. The number of hydrogen-bond acceptors (Lipinski definition) is 1. The fourth-order valence-electron chi connectivity index (χ4n) is 2.79. The number of unbranched alkanes of at least 4 members (excludes halogenated alkanes) is 12. The zero-order valence-corrected chi connectivity index (χ0v) is 18.5. The van der Waals surface area contributed by atoms with Gasteiger partial charge in [-0.25, -0.2) is 0 Å². The summed E-state index contributed by atoms with van der Waals surface area (Å²) in [5.41, 5.74) is 0. The highest BCUT2D eigenvalue weighted by molar-refractivity contribution is 4.81. The lowest BCUT2D eigenvalue weighted by Gasteiger charge is -2.23. The largest absolute Gasteiger partial charge is 1.00 e. The molecule has 3 heteroatoms. The number of rotatable bonds is 18. The number of ether oxygens (including phenoxy) is 1. The second kappa shape index (κ2) is 20.3. The van der Waals surface area contributed by atoms with Crippen LogP contribution >= 0.6 is 0 Å². The van der Waals surface area contributed by atoms with Crippen molar-refractivity contribution in [3.63, 3.8) is 0 Å². The van der Waals surface area contributed by atoms with Crippen LogP contribution in [-0.4, -0.2) is 39.0 Å². The zero-order chi connectivity index (χ0) is 17.9. The van der Waals surface area contributed by atoms with E-state index >= 15 is 0 Å². The summed E-state index contributed by atoms with van der Waals surface area (Å²) in [6.45, 7) is 4.03. The van der Waals surface area contributed by atoms with Crippen LogP contribution in [0.1, 0.15) is 96.8 Å². The van der Waals surface area contributed by atoms with Crippen LogP contribution in [-0.2, 0) is 4.74 Å². The highest BCUT2D eigenvalue weighted by Gasteiger charge is 2.05. The molecular weight excluding hydrogens is 330 g/mol. The first-order chi connectivity index (χ1) is 11.6. The van der Waals surface area contributed by atoms with E-state index in [2.05, 4.69) is 40.2 Å². The molecule has 25 heavy (non-hydrogen) atoms. The van der Waals surface area contributed by atoms with Gasteiger partial charge in [0.1, 0.15) is 0 Å². The van der Waals surface area contributed by atoms with E-state index in [1.165, 1.54) is 89.9 Å². The minimum absolute atomic E-state index is 0. The van der Waals surface area contributed by atoms with Crippen molar-refractivity contribution in [3.8, 4) is 0 Å². The summed E-state index contributed by atoms with van der Waals surface area (Å²) in [6.07, 6.45) is 23.9. The molecule has 0 aromatic carbocycles. The van der Waals surface area contributed by atoms with Crippen LogP contribution in [0.15, 0.2) is 12.2 Å². The molecule has 0 radical (unpaired) electrons. The SMILES string of the molecule is CCCCCCCCC=CCCCCCCCCOC[N+](C)(C)C.[Cl-]. The zero-order valence-electron chi connectivity index (χ0n) is 17.7. The van der Waals surface area contributed by atoms with Gasteiger partial charge in [0.15, 0.2) is 6.73 Å². The van der Waals surface area contributed by atoms with Crippen molar-refractivity contribution < 1.29 is 21.6 Å². The molecule has 0 N–H and O–H groups in total. The highest BCUT2D eigenvalue weighted by atomic mass is 35.5. The fraction of sp³-hybridized carbons (Fsp3) is 0.909. The molecule has 0 aromatic rings. The lowest BCUT2D eigenvalue weighted by Crippen LogP contribution is -3.00. The first-order valence-corrected chi connectivity index (χ1v) is 10.6. The molecule has 2 nitrogen and oxygen atoms in total. The van der Waals surface area contributed by atoms with Crippen LogP contribution in [0.5, 0.6) is 0 Å². The van der Waals surface area contributed by atoms with Gasteiger partial charge in [-0.15, -0.1) is 0 Å². The van der Waals surface area contributed by atoms with Gasteiger partial charge in [0.25, 0.3) is 0 Å². The van der Waals surface area contributed by atoms with Gasteiger partial charge in [0.05, 0.1) is 27.7 Å². The van der Waals surface area contributed by atoms with Gasteiger partial charge in [-0.1, -0.05) is 76.9 Å². The maximum absolute atomic E-state index is 5.68. The molecular formula is C22H46ClNO. The van der Waals surface area contributed by atoms with Crippen LogP contribution in [0.2, 0.25) is 0 Å². The Hall–Kier alpha value is -0.0500. The second-order valence-electron chi connectivity index (χ2n) is 8.27. The summed E-state index contributed by atoms with van der Waals surface area (Å²) in [4.78, 5) is 0. The van der Waals surface area contributed by atoms with Gasteiger partial charge >= 0.3 is 0 Å². The number of nitrogens with zero attached hydrogens (tertiary/aromatic N) is 1. The topological polar surface area (TPSA) is 9.23 Å². The molecule has 0 aliphatic heterocycles. The van der Waals surface area contributed by atoms with E-state index in [-0.39, 0.29) is 12.4 Å². The number of hydrogen-bond donors (Lipinski definition) is 0. The average molecular weight is 376 g/mol. The van der Waals surface area contributed by atoms with E-state index in [4.69, 9.17) is 4.74 Å². The monoisotopic (exact) mass is 375 g/mol. The molecule has 0 atom stereocenters. The average Bonchev–Trinajstić information content (AvgIpc) is 2.52. The van der Waals surface area contributed by atoms with Crippen LogP contribution < -0.4 is 12.4 Å². The van der Waals surface area contributed by atoms with E-state index in [1.54, 1.807) is 0 Å². The second-order valence-corrected chi connectivity index (χ2v) is 8.27. The molecule has 0 heterocycles. The fourth-order valence-corrected chi connectivity index (χ4v) is 2.79. The van der Waals surface area contributed by atoms with E-state index < -0.39 is 0 Å². The van der Waals surface area contributed by atoms with E-state index in [0.717, 1.165) is 17.8 Å². The minimum Gasteiger partial charge on any atom is -1.00 e. The summed E-state index contributed by atoms with van der Waals surface area (Å²) in [6, 6.07) is 0. The van der Waals surface area contributed by atoms with Gasteiger partial charge in [0, 0.05) is 0 Å². The van der Waals surface area contributed by atoms with E-state index in [0.29, 0.717) is 0 Å². The predicted molar refractivity (Wildman–Crippen MR) is 108 cm³/mol. The van der Waals surface area contributed by atoms with Gasteiger partial charge < -0.3 is 21.6 Å². The van der Waals surface area contributed by atoms with Crippen molar-refractivity contribution in [1.29, 1.82) is 0 Å². The molecule has 0 fully saturated rings. The van der Waals surface area contributed by atoms with E-state index in [9.17, 15) is 0 Å². The third kappa shape index (κ3) is 26.3. The maximum Gasteiger partial charge on any atom is 0.182 e. The first-order valence-electron chi connectivity index (χ1n) is 10.6. The Morgan fingerprint density at radius 3 is 1.56 bits per heavy atom. The summed E-state index contributed by atoms with van der Waals surface area (Å²) in [5, 5.41) is 0. The molecule has 152 valence electrons. The lowest BCUT2D eigenvalue weighted by molar-refractivity contribution is -0.890. The normalized spacial score (nSPS) is 11.8. The number of allylic oxidation sites excluding steroid dienone is 2. The Bertz CT molecular complexity index is 274. The van der Waals surface area contributed by atoms with Gasteiger partial charge in [-0.3, -0.25) is 0 Å². The predicted octanol–water partition coefficient (Wildman–Crippen LogP) is 3.71. The number of halogens is 1. The van der Waals surface area contributed by atoms with Crippen molar-refractivity contribution >= 4 is 0 Å². The molecule has 0 amide bonds. The van der Waals surface area contributed by atoms with Crippen LogP contribution in [0.4, 0.5) is 0 Å². The van der Waals surface area contributed by atoms with Crippen molar-refractivity contribution in [3.05, 3.63) is 12.2 Å². The Morgan fingerprint density at radius 2 is 1.08 bits per heavy atom. The lowest BCUT2D eigenvalue weighted by atomic mass is 10.1. The molecule has 0 saturated carbocycles. The molecule has 0 spiro atoms. The van der Waals surface area contributed by atoms with Gasteiger partial charge in [-0.2, -0.15) is 0 Å². The van der Waals surface area contributed by atoms with Crippen molar-refractivity contribution in [1.82, 2.24) is 0 Å². The summed E-state index contributed by atoms with van der Waals surface area (Å²) >= 11 is 0. The molecule has 0 rings (SSSR count). The quantitative estimate of drug-likeness (QED) is 0.153.